The molecule has 1 saturated heterocycles. The molecule has 1 aromatic rings. The number of carbonyl (C=O) groups is 1. The third-order valence-corrected chi connectivity index (χ3v) is 3.93. The largest absolute Gasteiger partial charge is 0.361 e. The number of rotatable bonds is 6. The fourth-order valence-corrected chi connectivity index (χ4v) is 2.74. The standard InChI is InChI=1S/C16H27N3O2/c1-4-6-13-11-14(18-21-13)15-7-5-10-19(15)16(20)17-9-8-12(2)3/h11-12,15H,4-10H2,1-3H3,(H,17,20). The van der Waals surface area contributed by atoms with Crippen molar-refractivity contribution in [1.29, 1.82) is 0 Å². The molecule has 5 nitrogen and oxygen atoms in total. The molecule has 0 aliphatic carbocycles. The molecule has 2 rings (SSSR count). The van der Waals surface area contributed by atoms with E-state index in [1.54, 1.807) is 0 Å². The van der Waals surface area contributed by atoms with Crippen LogP contribution in [-0.4, -0.2) is 29.2 Å². The van der Waals surface area contributed by atoms with Gasteiger partial charge in [-0.3, -0.25) is 0 Å². The van der Waals surface area contributed by atoms with Crippen LogP contribution in [0.4, 0.5) is 4.79 Å². The van der Waals surface area contributed by atoms with Crippen molar-refractivity contribution in [2.45, 2.75) is 58.9 Å². The van der Waals surface area contributed by atoms with Crippen molar-refractivity contribution in [3.05, 3.63) is 17.5 Å². The zero-order valence-corrected chi connectivity index (χ0v) is 13.4. The summed E-state index contributed by atoms with van der Waals surface area (Å²) in [5.74, 6) is 1.52. The molecule has 2 heterocycles. The lowest BCUT2D eigenvalue weighted by atomic mass is 10.1. The molecular formula is C16H27N3O2. The number of urea groups is 1. The Kier molecular flexibility index (Phi) is 5.65. The van der Waals surface area contributed by atoms with Crippen molar-refractivity contribution in [3.63, 3.8) is 0 Å². The number of hydrogen-bond acceptors (Lipinski definition) is 3. The van der Waals surface area contributed by atoms with Crippen LogP contribution < -0.4 is 5.32 Å². The number of nitrogens with one attached hydrogen (secondary N) is 1. The van der Waals surface area contributed by atoms with Gasteiger partial charge in [-0.1, -0.05) is 25.9 Å². The normalized spacial score (nSPS) is 18.5. The number of amides is 2. The Morgan fingerprint density at radius 1 is 1.57 bits per heavy atom. The molecule has 1 aromatic heterocycles. The van der Waals surface area contributed by atoms with Crippen LogP contribution in [0.5, 0.6) is 0 Å². The Bertz CT molecular complexity index is 456. The van der Waals surface area contributed by atoms with E-state index in [0.717, 1.165) is 56.6 Å². The highest BCUT2D eigenvalue weighted by Gasteiger charge is 2.32. The molecule has 21 heavy (non-hydrogen) atoms. The van der Waals surface area contributed by atoms with Gasteiger partial charge < -0.3 is 14.7 Å². The second-order valence-electron chi connectivity index (χ2n) is 6.23. The molecule has 0 spiro atoms. The molecule has 0 saturated carbocycles. The molecule has 0 radical (unpaired) electrons. The second kappa shape index (κ2) is 7.48. The second-order valence-corrected chi connectivity index (χ2v) is 6.23. The molecule has 1 N–H and O–H groups in total. The van der Waals surface area contributed by atoms with E-state index in [2.05, 4.69) is 31.2 Å². The highest BCUT2D eigenvalue weighted by Crippen LogP contribution is 2.31. The average molecular weight is 293 g/mol. The van der Waals surface area contributed by atoms with Crippen LogP contribution in [0.15, 0.2) is 10.6 Å². The predicted molar refractivity (Wildman–Crippen MR) is 82.0 cm³/mol. The Morgan fingerprint density at radius 3 is 3.10 bits per heavy atom. The molecule has 1 aliphatic heterocycles. The summed E-state index contributed by atoms with van der Waals surface area (Å²) in [5, 5.41) is 7.18. The predicted octanol–water partition coefficient (Wildman–Crippen LogP) is 3.52. The number of aromatic nitrogens is 1. The fourth-order valence-electron chi connectivity index (χ4n) is 2.74. The lowest BCUT2D eigenvalue weighted by Crippen LogP contribution is -2.40. The van der Waals surface area contributed by atoms with Crippen molar-refractivity contribution in [1.82, 2.24) is 15.4 Å². The smallest absolute Gasteiger partial charge is 0.317 e. The summed E-state index contributed by atoms with van der Waals surface area (Å²) in [6.45, 7) is 7.98. The molecule has 5 heteroatoms. The Morgan fingerprint density at radius 2 is 2.38 bits per heavy atom. The van der Waals surface area contributed by atoms with Gasteiger partial charge in [-0.15, -0.1) is 0 Å². The van der Waals surface area contributed by atoms with Crippen LogP contribution in [0, 0.1) is 5.92 Å². The first-order chi connectivity index (χ1) is 10.1. The third-order valence-electron chi connectivity index (χ3n) is 3.93. The molecule has 1 unspecified atom stereocenters. The Labute approximate surface area is 127 Å². The summed E-state index contributed by atoms with van der Waals surface area (Å²) in [6.07, 6.45) is 4.95. The van der Waals surface area contributed by atoms with E-state index in [1.807, 2.05) is 11.0 Å². The number of hydrogen-bond donors (Lipinski definition) is 1. The monoisotopic (exact) mass is 293 g/mol. The minimum absolute atomic E-state index is 0.0261. The first-order valence-corrected chi connectivity index (χ1v) is 8.11. The summed E-state index contributed by atoms with van der Waals surface area (Å²) < 4.78 is 5.35. The third kappa shape index (κ3) is 4.22. The number of aryl methyl sites for hydroxylation is 1. The van der Waals surface area contributed by atoms with E-state index in [1.165, 1.54) is 0 Å². The summed E-state index contributed by atoms with van der Waals surface area (Å²) in [7, 11) is 0. The average Bonchev–Trinajstić information content (AvgIpc) is 3.06. The Hall–Kier alpha value is -1.52. The van der Waals surface area contributed by atoms with Gasteiger partial charge in [0.25, 0.3) is 0 Å². The highest BCUT2D eigenvalue weighted by atomic mass is 16.5. The van der Waals surface area contributed by atoms with Gasteiger partial charge in [-0.2, -0.15) is 0 Å². The quantitative estimate of drug-likeness (QED) is 0.873. The number of carbonyl (C=O) groups excluding carboxylic acids is 1. The van der Waals surface area contributed by atoms with Crippen LogP contribution in [0.1, 0.15) is 64.0 Å². The number of likely N-dealkylation sites (tertiary alicyclic amines) is 1. The zero-order chi connectivity index (χ0) is 15.2. The first kappa shape index (κ1) is 15.9. The maximum absolute atomic E-state index is 12.3. The van der Waals surface area contributed by atoms with Crippen molar-refractivity contribution >= 4 is 6.03 Å². The van der Waals surface area contributed by atoms with Crippen LogP contribution in [0.2, 0.25) is 0 Å². The van der Waals surface area contributed by atoms with Gasteiger partial charge in [0.2, 0.25) is 0 Å². The molecule has 0 bridgehead atoms. The summed E-state index contributed by atoms with van der Waals surface area (Å²) in [6, 6.07) is 2.10. The van der Waals surface area contributed by atoms with E-state index >= 15 is 0 Å². The van der Waals surface area contributed by atoms with Crippen molar-refractivity contribution in [3.8, 4) is 0 Å². The Balaban J connectivity index is 1.93. The minimum Gasteiger partial charge on any atom is -0.361 e. The van der Waals surface area contributed by atoms with Gasteiger partial charge in [-0.25, -0.2) is 4.79 Å². The van der Waals surface area contributed by atoms with Crippen molar-refractivity contribution in [2.24, 2.45) is 5.92 Å². The molecule has 0 aromatic carbocycles. The maximum Gasteiger partial charge on any atom is 0.317 e. The van der Waals surface area contributed by atoms with Gasteiger partial charge in [-0.05, 0) is 31.6 Å². The molecule has 1 atom stereocenters. The SMILES string of the molecule is CCCc1cc(C2CCCN2C(=O)NCCC(C)C)no1. The number of nitrogens with zero attached hydrogens (tertiary/aromatic N) is 2. The lowest BCUT2D eigenvalue weighted by Gasteiger charge is -2.23. The van der Waals surface area contributed by atoms with Crippen LogP contribution in [-0.2, 0) is 6.42 Å². The molecule has 2 amide bonds. The fraction of sp³-hybridized carbons (Fsp3) is 0.750. The highest BCUT2D eigenvalue weighted by molar-refractivity contribution is 5.75. The van der Waals surface area contributed by atoms with Crippen LogP contribution in [0.3, 0.4) is 0 Å². The summed E-state index contributed by atoms with van der Waals surface area (Å²) in [4.78, 5) is 14.2. The lowest BCUT2D eigenvalue weighted by molar-refractivity contribution is 0.190. The van der Waals surface area contributed by atoms with Crippen LogP contribution >= 0.6 is 0 Å². The van der Waals surface area contributed by atoms with E-state index in [4.69, 9.17) is 4.52 Å². The van der Waals surface area contributed by atoms with Crippen molar-refractivity contribution in [2.75, 3.05) is 13.1 Å². The van der Waals surface area contributed by atoms with E-state index in [9.17, 15) is 4.79 Å². The summed E-state index contributed by atoms with van der Waals surface area (Å²) in [5.41, 5.74) is 0.898. The van der Waals surface area contributed by atoms with Gasteiger partial charge in [0.15, 0.2) is 0 Å². The molecule has 118 valence electrons. The minimum atomic E-state index is 0.0261. The van der Waals surface area contributed by atoms with Gasteiger partial charge in [0, 0.05) is 25.6 Å². The molecule has 1 aliphatic rings. The van der Waals surface area contributed by atoms with Gasteiger partial charge in [0.05, 0.1) is 6.04 Å². The maximum atomic E-state index is 12.3. The van der Waals surface area contributed by atoms with Crippen LogP contribution in [0.25, 0.3) is 0 Å². The van der Waals surface area contributed by atoms with E-state index in [0.29, 0.717) is 5.92 Å². The van der Waals surface area contributed by atoms with Gasteiger partial charge >= 0.3 is 6.03 Å². The zero-order valence-electron chi connectivity index (χ0n) is 13.4. The van der Waals surface area contributed by atoms with E-state index < -0.39 is 0 Å². The molecule has 1 fully saturated rings. The topological polar surface area (TPSA) is 58.4 Å². The van der Waals surface area contributed by atoms with Gasteiger partial charge in [0.1, 0.15) is 11.5 Å². The summed E-state index contributed by atoms with van der Waals surface area (Å²) >= 11 is 0. The first-order valence-electron chi connectivity index (χ1n) is 8.11. The molecular weight excluding hydrogens is 266 g/mol. The van der Waals surface area contributed by atoms with E-state index in [-0.39, 0.29) is 12.1 Å². The van der Waals surface area contributed by atoms with Crippen molar-refractivity contribution < 1.29 is 9.32 Å².